The van der Waals surface area contributed by atoms with Gasteiger partial charge in [0.2, 0.25) is 0 Å². The molecule has 3 aromatic rings. The summed E-state index contributed by atoms with van der Waals surface area (Å²) in [6.45, 7) is 9.67. The highest BCUT2D eigenvalue weighted by atomic mass is 31.2. The molecule has 192 valence electrons. The van der Waals surface area contributed by atoms with Gasteiger partial charge in [-0.05, 0) is 19.6 Å². The lowest BCUT2D eigenvalue weighted by Gasteiger charge is -2.18. The second-order valence-corrected chi connectivity index (χ2v) is 9.18. The van der Waals surface area contributed by atoms with Gasteiger partial charge >= 0.3 is 7.82 Å². The number of rotatable bonds is 8. The summed E-state index contributed by atoms with van der Waals surface area (Å²) in [5, 5.41) is 10.3. The van der Waals surface area contributed by atoms with Gasteiger partial charge in [0, 0.05) is 12.0 Å². The van der Waals surface area contributed by atoms with Crippen LogP contribution < -0.4 is 5.73 Å². The van der Waals surface area contributed by atoms with Crippen LogP contribution in [0.25, 0.3) is 22.6 Å². The van der Waals surface area contributed by atoms with Crippen LogP contribution in [0.1, 0.15) is 33.4 Å². The predicted molar refractivity (Wildman–Crippen MR) is 131 cm³/mol. The van der Waals surface area contributed by atoms with Gasteiger partial charge in [-0.15, -0.1) is 0 Å². The van der Waals surface area contributed by atoms with E-state index in [0.29, 0.717) is 17.0 Å². The molecule has 2 aromatic heterocycles. The monoisotopic (exact) mass is 508 g/mol. The maximum Gasteiger partial charge on any atom is 0.469 e. The lowest BCUT2D eigenvalue weighted by molar-refractivity contribution is -0.0419. The Morgan fingerprint density at radius 1 is 1.17 bits per heavy atom. The third-order valence-electron chi connectivity index (χ3n) is 5.78. The van der Waals surface area contributed by atoms with Crippen LogP contribution in [0, 0.1) is 0 Å². The molecule has 35 heavy (non-hydrogen) atoms. The van der Waals surface area contributed by atoms with Crippen LogP contribution in [-0.2, 0) is 13.8 Å². The number of ether oxygens (including phenoxy) is 1. The number of nitrogens with zero attached hydrogens (tertiary/aromatic N) is 5. The minimum absolute atomic E-state index is 0.157. The zero-order valence-electron chi connectivity index (χ0n) is 20.1. The molecule has 12 nitrogen and oxygen atoms in total. The van der Waals surface area contributed by atoms with Gasteiger partial charge < -0.3 is 30.3 Å². The summed E-state index contributed by atoms with van der Waals surface area (Å²) >= 11 is 0. The van der Waals surface area contributed by atoms with E-state index in [2.05, 4.69) is 45.1 Å². The number of aliphatic hydroxyl groups is 1. The van der Waals surface area contributed by atoms with E-state index in [-0.39, 0.29) is 12.2 Å². The first kappa shape index (κ1) is 27.2. The van der Waals surface area contributed by atoms with Crippen molar-refractivity contribution in [2.45, 2.75) is 45.6 Å². The number of phosphoric ester groups is 1. The van der Waals surface area contributed by atoms with Crippen molar-refractivity contribution in [3.63, 3.8) is 0 Å². The molecule has 1 aromatic carbocycles. The fraction of sp³-hybridized carbons (Fsp3) is 0.500. The molecule has 1 aliphatic rings. The smallest absolute Gasteiger partial charge is 0.390 e. The first-order valence-corrected chi connectivity index (χ1v) is 13.0. The topological polar surface area (TPSA) is 169 Å². The number of nitrogen functional groups attached to an aromatic ring is 1. The van der Waals surface area contributed by atoms with Crippen molar-refractivity contribution in [1.29, 1.82) is 0 Å². The van der Waals surface area contributed by atoms with E-state index in [0.717, 1.165) is 5.56 Å². The molecule has 0 amide bonds. The largest absolute Gasteiger partial charge is 0.469 e. The van der Waals surface area contributed by atoms with Crippen LogP contribution in [0.4, 0.5) is 5.82 Å². The van der Waals surface area contributed by atoms with E-state index in [9.17, 15) is 9.67 Å². The SMILES string of the molecule is CCN(CC)CC.Nc1ncnc2c1nc(-c1ccccc1)n2[C@H]1C[C@H](O)[C@@H](COP(=O)(O)O)O1. The molecule has 13 heteroatoms. The van der Waals surface area contributed by atoms with E-state index >= 15 is 0 Å². The Hall–Kier alpha value is -2.44. The average molecular weight is 509 g/mol. The number of anilines is 1. The number of aromatic nitrogens is 4. The standard InChI is InChI=1S/C16H18N5O6P.C6H15N/c17-14-13-16(19-8-18-14)21(15(20-13)9-4-2-1-3-5-9)12-6-10(22)11(27-12)7-26-28(23,24)25;1-4-7(5-2)6-3/h1-5,8,10-12,22H,6-7H2,(H2,17,18,19)(H2,23,24,25);4-6H2,1-3H3/t10-,11+,12+;/m0./s1. The van der Waals surface area contributed by atoms with E-state index in [1.54, 1.807) is 4.57 Å². The maximum absolute atomic E-state index is 10.9. The van der Waals surface area contributed by atoms with Crippen molar-refractivity contribution in [1.82, 2.24) is 24.4 Å². The molecule has 3 atom stereocenters. The number of nitrogens with two attached hydrogens (primary N) is 1. The van der Waals surface area contributed by atoms with Crippen molar-refractivity contribution in [2.75, 3.05) is 32.0 Å². The summed E-state index contributed by atoms with van der Waals surface area (Å²) in [4.78, 5) is 32.9. The lowest BCUT2D eigenvalue weighted by atomic mass is 10.2. The van der Waals surface area contributed by atoms with Crippen molar-refractivity contribution in [2.24, 2.45) is 0 Å². The minimum Gasteiger partial charge on any atom is -0.390 e. The Bertz CT molecular complexity index is 1130. The van der Waals surface area contributed by atoms with Gasteiger partial charge in [-0.25, -0.2) is 19.5 Å². The van der Waals surface area contributed by atoms with Crippen LogP contribution >= 0.6 is 7.82 Å². The minimum atomic E-state index is -4.67. The molecule has 1 aliphatic heterocycles. The Labute approximate surface area is 204 Å². The van der Waals surface area contributed by atoms with E-state index in [1.165, 1.54) is 26.0 Å². The highest BCUT2D eigenvalue weighted by Gasteiger charge is 2.38. The maximum atomic E-state index is 10.9. The average Bonchev–Trinajstić information content (AvgIpc) is 3.40. The Balaban J connectivity index is 0.000000429. The third-order valence-corrected chi connectivity index (χ3v) is 6.26. The summed E-state index contributed by atoms with van der Waals surface area (Å²) in [5.41, 5.74) is 7.55. The number of hydrogen-bond acceptors (Lipinski definition) is 9. The molecule has 0 spiro atoms. The second kappa shape index (κ2) is 12.0. The summed E-state index contributed by atoms with van der Waals surface area (Å²) in [6.07, 6.45) is -1.13. The number of fused-ring (bicyclic) bond motifs is 1. The molecule has 1 saturated heterocycles. The van der Waals surface area contributed by atoms with Crippen LogP contribution in [0.2, 0.25) is 0 Å². The molecular formula is C22H33N6O6P. The van der Waals surface area contributed by atoms with E-state index < -0.39 is 32.9 Å². The molecular weight excluding hydrogens is 475 g/mol. The van der Waals surface area contributed by atoms with Crippen molar-refractivity contribution >= 4 is 24.8 Å². The number of phosphoric acid groups is 1. The van der Waals surface area contributed by atoms with Crippen molar-refractivity contribution in [3.05, 3.63) is 36.7 Å². The number of aliphatic hydroxyl groups excluding tert-OH is 1. The quantitative estimate of drug-likeness (QED) is 0.329. The van der Waals surface area contributed by atoms with Crippen molar-refractivity contribution < 1.29 is 28.7 Å². The van der Waals surface area contributed by atoms with Gasteiger partial charge in [0.05, 0.1) is 12.7 Å². The molecule has 5 N–H and O–H groups in total. The zero-order chi connectivity index (χ0) is 25.6. The fourth-order valence-electron chi connectivity index (χ4n) is 3.85. The summed E-state index contributed by atoms with van der Waals surface area (Å²) in [6, 6.07) is 9.31. The van der Waals surface area contributed by atoms with Crippen molar-refractivity contribution in [3.8, 4) is 11.4 Å². The molecule has 0 bridgehead atoms. The highest BCUT2D eigenvalue weighted by molar-refractivity contribution is 7.46. The van der Waals surface area contributed by atoms with Crippen LogP contribution in [0.3, 0.4) is 0 Å². The fourth-order valence-corrected chi connectivity index (χ4v) is 4.20. The molecule has 3 heterocycles. The molecule has 0 saturated carbocycles. The van der Waals surface area contributed by atoms with E-state index in [1.807, 2.05) is 30.3 Å². The van der Waals surface area contributed by atoms with E-state index in [4.69, 9.17) is 20.3 Å². The Morgan fingerprint density at radius 3 is 2.40 bits per heavy atom. The number of hydrogen-bond donors (Lipinski definition) is 4. The first-order valence-electron chi connectivity index (χ1n) is 11.5. The Morgan fingerprint density at radius 2 is 1.83 bits per heavy atom. The predicted octanol–water partition coefficient (Wildman–Crippen LogP) is 2.18. The number of imidazole rings is 1. The molecule has 0 radical (unpaired) electrons. The van der Waals surface area contributed by atoms with Crippen LogP contribution in [0.5, 0.6) is 0 Å². The van der Waals surface area contributed by atoms with Gasteiger partial charge in [-0.1, -0.05) is 51.1 Å². The third kappa shape index (κ3) is 6.83. The summed E-state index contributed by atoms with van der Waals surface area (Å²) in [5.74, 6) is 0.734. The van der Waals surface area contributed by atoms with Crippen LogP contribution in [-0.4, -0.2) is 77.8 Å². The molecule has 0 unspecified atom stereocenters. The zero-order valence-corrected chi connectivity index (χ0v) is 21.0. The second-order valence-electron chi connectivity index (χ2n) is 7.94. The van der Waals surface area contributed by atoms with Gasteiger partial charge in [0.15, 0.2) is 17.0 Å². The van der Waals surface area contributed by atoms with Gasteiger partial charge in [-0.3, -0.25) is 9.09 Å². The van der Waals surface area contributed by atoms with Gasteiger partial charge in [0.1, 0.15) is 24.5 Å². The molecule has 1 fully saturated rings. The van der Waals surface area contributed by atoms with Gasteiger partial charge in [-0.2, -0.15) is 0 Å². The number of benzene rings is 1. The Kier molecular flexibility index (Phi) is 9.31. The highest BCUT2D eigenvalue weighted by Crippen LogP contribution is 2.40. The van der Waals surface area contributed by atoms with Gasteiger partial charge in [0.25, 0.3) is 0 Å². The molecule has 0 aliphatic carbocycles. The van der Waals surface area contributed by atoms with Crippen LogP contribution in [0.15, 0.2) is 36.7 Å². The summed E-state index contributed by atoms with van der Waals surface area (Å²) in [7, 11) is -4.67. The lowest BCUT2D eigenvalue weighted by Crippen LogP contribution is -2.25. The molecule has 4 rings (SSSR count). The first-order chi connectivity index (χ1) is 16.7. The summed E-state index contributed by atoms with van der Waals surface area (Å²) < 4.78 is 23.0. The normalized spacial score (nSPS) is 20.3.